The standard InChI is InChI=1S/C17H26N4/c1-4-13-8-7-10-21(11-9-13)17-15(12-18)14(5-2)16(6-3)19-20-17/h13H,4-11H2,1-3H3. The topological polar surface area (TPSA) is 52.8 Å². The fourth-order valence-electron chi connectivity index (χ4n) is 3.29. The van der Waals surface area contributed by atoms with Crippen LogP contribution in [0.4, 0.5) is 5.82 Å². The summed E-state index contributed by atoms with van der Waals surface area (Å²) < 4.78 is 0. The summed E-state index contributed by atoms with van der Waals surface area (Å²) in [6.07, 6.45) is 6.60. The van der Waals surface area contributed by atoms with Crippen LogP contribution in [0.2, 0.25) is 0 Å². The molecule has 0 saturated carbocycles. The third-order valence-corrected chi connectivity index (χ3v) is 4.66. The number of hydrogen-bond acceptors (Lipinski definition) is 4. The van der Waals surface area contributed by atoms with Crippen LogP contribution in [0.25, 0.3) is 0 Å². The molecule has 114 valence electrons. The first-order chi connectivity index (χ1) is 10.2. The molecule has 0 aliphatic carbocycles. The molecule has 21 heavy (non-hydrogen) atoms. The van der Waals surface area contributed by atoms with Crippen molar-refractivity contribution in [2.24, 2.45) is 5.92 Å². The molecule has 0 spiro atoms. The van der Waals surface area contributed by atoms with Gasteiger partial charge in [-0.2, -0.15) is 10.4 Å². The van der Waals surface area contributed by atoms with Crippen molar-refractivity contribution in [2.75, 3.05) is 18.0 Å². The van der Waals surface area contributed by atoms with Crippen molar-refractivity contribution in [1.82, 2.24) is 10.2 Å². The summed E-state index contributed by atoms with van der Waals surface area (Å²) in [6.45, 7) is 8.43. The van der Waals surface area contributed by atoms with Crippen molar-refractivity contribution in [3.63, 3.8) is 0 Å². The van der Waals surface area contributed by atoms with Gasteiger partial charge in [0.25, 0.3) is 0 Å². The Morgan fingerprint density at radius 2 is 1.95 bits per heavy atom. The van der Waals surface area contributed by atoms with Crippen molar-refractivity contribution >= 4 is 5.82 Å². The monoisotopic (exact) mass is 286 g/mol. The molecule has 4 nitrogen and oxygen atoms in total. The number of aromatic nitrogens is 2. The van der Waals surface area contributed by atoms with Crippen molar-refractivity contribution in [2.45, 2.75) is 59.3 Å². The van der Waals surface area contributed by atoms with Crippen LogP contribution in [0.1, 0.15) is 63.3 Å². The third-order valence-electron chi connectivity index (χ3n) is 4.66. The smallest absolute Gasteiger partial charge is 0.169 e. The fourth-order valence-corrected chi connectivity index (χ4v) is 3.29. The van der Waals surface area contributed by atoms with Gasteiger partial charge in [0, 0.05) is 13.1 Å². The zero-order valence-electron chi connectivity index (χ0n) is 13.5. The van der Waals surface area contributed by atoms with Crippen LogP contribution in [0.15, 0.2) is 0 Å². The zero-order valence-corrected chi connectivity index (χ0v) is 13.5. The van der Waals surface area contributed by atoms with E-state index in [-0.39, 0.29) is 0 Å². The van der Waals surface area contributed by atoms with Crippen molar-refractivity contribution < 1.29 is 0 Å². The molecule has 1 unspecified atom stereocenters. The van der Waals surface area contributed by atoms with Crippen LogP contribution >= 0.6 is 0 Å². The quantitative estimate of drug-likeness (QED) is 0.850. The highest BCUT2D eigenvalue weighted by molar-refractivity contribution is 5.58. The van der Waals surface area contributed by atoms with Gasteiger partial charge in [-0.25, -0.2) is 0 Å². The predicted octanol–water partition coefficient (Wildman–Crippen LogP) is 3.49. The lowest BCUT2D eigenvalue weighted by molar-refractivity contribution is 0.459. The SMILES string of the molecule is CCc1nnc(N2CCCC(CC)CC2)c(C#N)c1CC. The lowest BCUT2D eigenvalue weighted by atomic mass is 9.98. The molecular formula is C17H26N4. The second-order valence-corrected chi connectivity index (χ2v) is 5.83. The first kappa shape index (κ1) is 15.8. The minimum atomic E-state index is 0.749. The molecule has 0 bridgehead atoms. The molecule has 1 aliphatic heterocycles. The number of nitriles is 1. The Morgan fingerprint density at radius 3 is 2.57 bits per heavy atom. The summed E-state index contributed by atoms with van der Waals surface area (Å²) in [6, 6.07) is 2.39. The minimum absolute atomic E-state index is 0.749. The van der Waals surface area contributed by atoms with Crippen LogP contribution in [0.3, 0.4) is 0 Å². The second-order valence-electron chi connectivity index (χ2n) is 5.83. The highest BCUT2D eigenvalue weighted by Gasteiger charge is 2.22. The molecule has 0 radical (unpaired) electrons. The average Bonchev–Trinajstić information content (AvgIpc) is 2.78. The maximum absolute atomic E-state index is 9.61. The van der Waals surface area contributed by atoms with Crippen LogP contribution in [-0.4, -0.2) is 23.3 Å². The van der Waals surface area contributed by atoms with Gasteiger partial charge in [0.15, 0.2) is 5.82 Å². The first-order valence-corrected chi connectivity index (χ1v) is 8.28. The first-order valence-electron chi connectivity index (χ1n) is 8.28. The summed E-state index contributed by atoms with van der Waals surface area (Å²) >= 11 is 0. The Balaban J connectivity index is 2.33. The highest BCUT2D eigenvalue weighted by atomic mass is 15.3. The van der Waals surface area contributed by atoms with Gasteiger partial charge in [0.05, 0.1) is 5.69 Å². The van der Waals surface area contributed by atoms with Gasteiger partial charge in [-0.3, -0.25) is 0 Å². The van der Waals surface area contributed by atoms with E-state index in [1.807, 2.05) is 0 Å². The fraction of sp³-hybridized carbons (Fsp3) is 0.706. The van der Waals surface area contributed by atoms with E-state index in [1.54, 1.807) is 0 Å². The summed E-state index contributed by atoms with van der Waals surface area (Å²) in [4.78, 5) is 2.28. The van der Waals surface area contributed by atoms with E-state index in [4.69, 9.17) is 0 Å². The molecule has 2 rings (SSSR count). The molecule has 1 aromatic heterocycles. The van der Waals surface area contributed by atoms with Crippen molar-refractivity contribution in [1.29, 1.82) is 5.26 Å². The number of nitrogens with zero attached hydrogens (tertiary/aromatic N) is 4. The van der Waals surface area contributed by atoms with E-state index in [0.717, 1.165) is 54.5 Å². The Labute approximate surface area is 128 Å². The number of hydrogen-bond donors (Lipinski definition) is 0. The van der Waals surface area contributed by atoms with E-state index in [2.05, 4.69) is 41.9 Å². The molecule has 2 heterocycles. The van der Waals surface area contributed by atoms with Gasteiger partial charge in [-0.1, -0.05) is 27.2 Å². The Hall–Kier alpha value is -1.63. The van der Waals surface area contributed by atoms with Gasteiger partial charge in [0.1, 0.15) is 11.6 Å². The Morgan fingerprint density at radius 1 is 1.14 bits per heavy atom. The number of anilines is 1. The number of aryl methyl sites for hydroxylation is 1. The summed E-state index contributed by atoms with van der Waals surface area (Å²) in [5.41, 5.74) is 2.81. The normalized spacial score (nSPS) is 19.1. The average molecular weight is 286 g/mol. The maximum Gasteiger partial charge on any atom is 0.169 e. The predicted molar refractivity (Wildman–Crippen MR) is 85.3 cm³/mol. The van der Waals surface area contributed by atoms with Gasteiger partial charge >= 0.3 is 0 Å². The molecule has 0 N–H and O–H groups in total. The molecular weight excluding hydrogens is 260 g/mol. The van der Waals surface area contributed by atoms with Gasteiger partial charge in [-0.15, -0.1) is 5.10 Å². The van der Waals surface area contributed by atoms with E-state index in [1.165, 1.54) is 25.7 Å². The van der Waals surface area contributed by atoms with E-state index in [9.17, 15) is 5.26 Å². The van der Waals surface area contributed by atoms with E-state index >= 15 is 0 Å². The lowest BCUT2D eigenvalue weighted by Gasteiger charge is -2.23. The molecule has 1 aliphatic rings. The summed E-state index contributed by atoms with van der Waals surface area (Å²) in [7, 11) is 0. The molecule has 0 amide bonds. The van der Waals surface area contributed by atoms with Crippen LogP contribution in [-0.2, 0) is 12.8 Å². The Kier molecular flexibility index (Phi) is 5.55. The summed E-state index contributed by atoms with van der Waals surface area (Å²) in [5, 5.41) is 18.4. The highest BCUT2D eigenvalue weighted by Crippen LogP contribution is 2.27. The minimum Gasteiger partial charge on any atom is -0.354 e. The second kappa shape index (κ2) is 7.40. The third kappa shape index (κ3) is 3.34. The molecule has 1 saturated heterocycles. The summed E-state index contributed by atoms with van der Waals surface area (Å²) in [5.74, 6) is 1.62. The molecule has 1 atom stereocenters. The van der Waals surface area contributed by atoms with Crippen molar-refractivity contribution in [3.8, 4) is 6.07 Å². The largest absolute Gasteiger partial charge is 0.354 e. The van der Waals surface area contributed by atoms with Crippen LogP contribution < -0.4 is 4.90 Å². The molecule has 1 fully saturated rings. The maximum atomic E-state index is 9.61. The van der Waals surface area contributed by atoms with Crippen molar-refractivity contribution in [3.05, 3.63) is 16.8 Å². The molecule has 4 heteroatoms. The lowest BCUT2D eigenvalue weighted by Crippen LogP contribution is -2.27. The van der Waals surface area contributed by atoms with E-state index < -0.39 is 0 Å². The van der Waals surface area contributed by atoms with Gasteiger partial charge in [0.2, 0.25) is 0 Å². The van der Waals surface area contributed by atoms with Gasteiger partial charge in [-0.05, 0) is 43.6 Å². The van der Waals surface area contributed by atoms with E-state index in [0.29, 0.717) is 0 Å². The van der Waals surface area contributed by atoms with Gasteiger partial charge < -0.3 is 4.90 Å². The van der Waals surface area contributed by atoms with Crippen LogP contribution in [0.5, 0.6) is 0 Å². The van der Waals surface area contributed by atoms with Crippen LogP contribution in [0, 0.1) is 17.2 Å². The number of rotatable bonds is 4. The Bertz CT molecular complexity index is 518. The molecule has 1 aromatic rings. The molecule has 0 aromatic carbocycles. The zero-order chi connectivity index (χ0) is 15.2.